The van der Waals surface area contributed by atoms with Gasteiger partial charge in [-0.3, -0.25) is 14.4 Å². The van der Waals surface area contributed by atoms with Gasteiger partial charge in [0.05, 0.1) is 77.4 Å². The highest BCUT2D eigenvalue weighted by Crippen LogP contribution is 2.35. The largest absolute Gasteiger partial charge is 0.462 e. The van der Waals surface area contributed by atoms with E-state index in [9.17, 15) is 23.1 Å². The number of aliphatic hydroxyl groups excluding tert-OH is 1. The maximum absolute atomic E-state index is 15.7. The van der Waals surface area contributed by atoms with Gasteiger partial charge in [0.15, 0.2) is 12.6 Å². The Labute approximate surface area is 779 Å². The van der Waals surface area contributed by atoms with Gasteiger partial charge in [-0.15, -0.1) is 0 Å². The third-order valence-electron chi connectivity index (χ3n) is 25.2. The summed E-state index contributed by atoms with van der Waals surface area (Å²) < 4.78 is 116. The van der Waals surface area contributed by atoms with E-state index >= 15 is 9.59 Å². The molecule has 12 atom stereocenters. The van der Waals surface area contributed by atoms with E-state index in [1.165, 1.54) is 192 Å². The molecule has 0 radical (unpaired) electrons. The van der Waals surface area contributed by atoms with Crippen molar-refractivity contribution < 1.29 is 84.8 Å². The Morgan fingerprint density at radius 2 is 0.669 bits per heavy atom. The van der Waals surface area contributed by atoms with Crippen molar-refractivity contribution in [3.63, 3.8) is 0 Å². The standard InChI is InChI=1S/C110H163F3N2O15/c1-4-7-10-13-16-19-22-25-26-29-32-35-38-41-59-72-101(118)128-96(71-58-40-37-34-31-28-24-21-18-15-12-9-6-3)78-100(117)115-103-107(126-84-92-68-55-46-56-69-92)104(123-81-89-62-49-43-50-63-89)97(85-121-87-120-79-88-60-47-42-48-61-88)130-109(103)127-86-98-105(124-82-90-64-51-44-52-65-90)106(125-83-91-66-53-45-54-67-91)102(108(119)129-98)114-99(116)77-95(122-80-93-73-75-94(76-74-93)110(111,112)113)70-57-39-36-33-30-27-23-20-17-14-11-8-5-2/h42-56,60-69,73-76,95-98,102-109,119H,4-41,57-59,70-72,77-87H2,1-3H3,(H,114,116)(H,115,117)/t95-,96-,97-,98-,102-,103-,104-,105-,106-,107-,108+,109-/m1/s1. The van der Waals surface area contributed by atoms with Crippen LogP contribution in [-0.4, -0.2) is 116 Å². The zero-order valence-corrected chi connectivity index (χ0v) is 79.4. The number of halogens is 3. The predicted octanol–water partition coefficient (Wildman–Crippen LogP) is 26.5. The molecule has 8 rings (SSSR count). The van der Waals surface area contributed by atoms with Gasteiger partial charge < -0.3 is 67.8 Å². The summed E-state index contributed by atoms with van der Waals surface area (Å²) in [6.45, 7) is 6.71. The van der Waals surface area contributed by atoms with Crippen LogP contribution >= 0.6 is 0 Å². The highest BCUT2D eigenvalue weighted by molar-refractivity contribution is 5.78. The van der Waals surface area contributed by atoms with E-state index in [4.69, 9.17) is 52.1 Å². The Morgan fingerprint density at radius 1 is 0.346 bits per heavy atom. The van der Waals surface area contributed by atoms with Crippen LogP contribution in [0.4, 0.5) is 13.2 Å². The third kappa shape index (κ3) is 46.4. The van der Waals surface area contributed by atoms with E-state index in [0.717, 1.165) is 117 Å². The number of benzene rings is 6. The molecule has 0 unspecified atom stereocenters. The van der Waals surface area contributed by atoms with Crippen molar-refractivity contribution in [2.75, 3.05) is 20.0 Å². The first-order valence-corrected chi connectivity index (χ1v) is 50.7. The molecule has 130 heavy (non-hydrogen) atoms. The van der Waals surface area contributed by atoms with Gasteiger partial charge in [0.1, 0.15) is 61.6 Å². The molecule has 2 saturated heterocycles. The molecule has 724 valence electrons. The fraction of sp³-hybridized carbons (Fsp3) is 0.645. The summed E-state index contributed by atoms with van der Waals surface area (Å²) in [6, 6.07) is 50.9. The fourth-order valence-corrected chi connectivity index (χ4v) is 17.6. The van der Waals surface area contributed by atoms with Crippen LogP contribution < -0.4 is 10.6 Å². The van der Waals surface area contributed by atoms with E-state index < -0.39 is 97.0 Å². The second-order valence-corrected chi connectivity index (χ2v) is 36.4. The average Bonchev–Trinajstić information content (AvgIpc) is 0.779. The second kappa shape index (κ2) is 68.1. The number of hydrogen-bond acceptors (Lipinski definition) is 15. The lowest BCUT2D eigenvalue weighted by atomic mass is 9.94. The van der Waals surface area contributed by atoms with Crippen molar-refractivity contribution in [1.29, 1.82) is 0 Å². The van der Waals surface area contributed by atoms with Crippen molar-refractivity contribution >= 4 is 17.8 Å². The molecule has 0 spiro atoms. The highest BCUT2D eigenvalue weighted by atomic mass is 19.4. The Kier molecular flexibility index (Phi) is 56.8. The van der Waals surface area contributed by atoms with Gasteiger partial charge >= 0.3 is 12.1 Å². The molecule has 6 aromatic rings. The van der Waals surface area contributed by atoms with Crippen LogP contribution in [0.1, 0.15) is 355 Å². The number of hydrogen-bond donors (Lipinski definition) is 3. The molecule has 2 aliphatic rings. The number of unbranched alkanes of at least 4 members (excludes halogenated alkanes) is 38. The molecule has 2 aliphatic heterocycles. The van der Waals surface area contributed by atoms with Gasteiger partial charge in [-0.05, 0) is 71.2 Å². The van der Waals surface area contributed by atoms with E-state index in [1.54, 1.807) is 0 Å². The number of rotatable bonds is 75. The van der Waals surface area contributed by atoms with E-state index in [-0.39, 0.29) is 84.9 Å². The van der Waals surface area contributed by atoms with Crippen LogP contribution in [0.25, 0.3) is 0 Å². The van der Waals surface area contributed by atoms with Crippen LogP contribution in [0.15, 0.2) is 176 Å². The first-order chi connectivity index (χ1) is 63.8. The lowest BCUT2D eigenvalue weighted by Crippen LogP contribution is -2.68. The lowest BCUT2D eigenvalue weighted by Gasteiger charge is -2.48. The van der Waals surface area contributed by atoms with E-state index in [2.05, 4.69) is 31.4 Å². The molecule has 17 nitrogen and oxygen atoms in total. The Morgan fingerprint density at radius 3 is 1.06 bits per heavy atom. The summed E-state index contributed by atoms with van der Waals surface area (Å²) in [5.74, 6) is -1.23. The van der Waals surface area contributed by atoms with Crippen molar-refractivity contribution in [2.45, 2.75) is 435 Å². The topological polar surface area (TPSA) is 197 Å². The number of carbonyl (C=O) groups excluding carboxylic acids is 3. The minimum atomic E-state index is -4.51. The van der Waals surface area contributed by atoms with Crippen molar-refractivity contribution in [3.8, 4) is 0 Å². The first kappa shape index (κ1) is 108. The maximum Gasteiger partial charge on any atom is 0.416 e. The molecule has 2 fully saturated rings. The smallest absolute Gasteiger partial charge is 0.416 e. The molecule has 2 amide bonds. The summed E-state index contributed by atoms with van der Waals surface area (Å²) in [7, 11) is 0. The molecule has 0 aliphatic carbocycles. The summed E-state index contributed by atoms with van der Waals surface area (Å²) in [6.07, 6.45) is 34.0. The number of nitrogens with one attached hydrogen (secondary N) is 2. The van der Waals surface area contributed by atoms with Crippen molar-refractivity contribution in [2.24, 2.45) is 0 Å². The van der Waals surface area contributed by atoms with Gasteiger partial charge in [0.2, 0.25) is 11.8 Å². The van der Waals surface area contributed by atoms with Gasteiger partial charge in [0.25, 0.3) is 0 Å². The van der Waals surface area contributed by atoms with Gasteiger partial charge in [-0.1, -0.05) is 435 Å². The van der Waals surface area contributed by atoms with Crippen LogP contribution in [0.5, 0.6) is 0 Å². The normalized spacial score (nSPS) is 19.3. The van der Waals surface area contributed by atoms with Crippen LogP contribution in [-0.2, 0) is 112 Å². The van der Waals surface area contributed by atoms with Crippen LogP contribution in [0, 0.1) is 0 Å². The number of aliphatic hydroxyl groups is 1. The second-order valence-electron chi connectivity index (χ2n) is 36.4. The zero-order valence-electron chi connectivity index (χ0n) is 79.4. The highest BCUT2D eigenvalue weighted by Gasteiger charge is 2.52. The SMILES string of the molecule is CCCCCCCCCCCCCCCCCC(=O)O[C@H](CCCCCCCCCCCCCCC)CC(=O)N[C@H]1[C@H](OC[C@H]2O[C@H](O)[C@H](NC(=O)C[C@@H](CCCCCCCCCCCCCCC)OCc3ccc(C(F)(F)F)cc3)[C@@H](OCc3ccccc3)[C@@H]2OCc2ccccc2)O[C@H](COCOCc2ccccc2)[C@@H](OCc2ccccc2)[C@@H]1OCc1ccccc1. The molecule has 0 aromatic heterocycles. The number of esters is 1. The maximum atomic E-state index is 15.7. The summed E-state index contributed by atoms with van der Waals surface area (Å²) >= 11 is 0. The number of alkyl halides is 3. The molecule has 20 heteroatoms. The van der Waals surface area contributed by atoms with Crippen molar-refractivity contribution in [3.05, 3.63) is 215 Å². The van der Waals surface area contributed by atoms with E-state index in [1.807, 2.05) is 152 Å². The summed E-state index contributed by atoms with van der Waals surface area (Å²) in [4.78, 5) is 44.9. The molecule has 3 N–H and O–H groups in total. The Bertz CT molecular complexity index is 3760. The average molecular weight is 1810 g/mol. The summed E-state index contributed by atoms with van der Waals surface area (Å²) in [5.41, 5.74) is 4.05. The molecule has 6 aromatic carbocycles. The number of amides is 2. The van der Waals surface area contributed by atoms with Gasteiger partial charge in [-0.25, -0.2) is 0 Å². The van der Waals surface area contributed by atoms with E-state index in [0.29, 0.717) is 24.8 Å². The Hall–Kier alpha value is -6.92. The lowest BCUT2D eigenvalue weighted by molar-refractivity contribution is -0.315. The molecule has 0 bridgehead atoms. The number of carbonyl (C=O) groups is 3. The minimum Gasteiger partial charge on any atom is -0.462 e. The molecular formula is C110H163F3N2O15. The minimum absolute atomic E-state index is 0.0256. The summed E-state index contributed by atoms with van der Waals surface area (Å²) in [5, 5.41) is 19.3. The fourth-order valence-electron chi connectivity index (χ4n) is 17.6. The van der Waals surface area contributed by atoms with Crippen LogP contribution in [0.3, 0.4) is 0 Å². The zero-order chi connectivity index (χ0) is 91.8. The van der Waals surface area contributed by atoms with Crippen molar-refractivity contribution in [1.82, 2.24) is 10.6 Å². The van der Waals surface area contributed by atoms with Gasteiger partial charge in [0, 0.05) is 6.42 Å². The number of ether oxygens (including phenoxy) is 11. The quantitative estimate of drug-likeness (QED) is 0.0185. The van der Waals surface area contributed by atoms with Gasteiger partial charge in [-0.2, -0.15) is 13.2 Å². The molecule has 0 saturated carbocycles. The Balaban J connectivity index is 1.07. The molecular weight excluding hydrogens is 1650 g/mol. The first-order valence-electron chi connectivity index (χ1n) is 50.7. The predicted molar refractivity (Wildman–Crippen MR) is 511 cm³/mol. The monoisotopic (exact) mass is 1810 g/mol. The third-order valence-corrected chi connectivity index (χ3v) is 25.2. The molecule has 2 heterocycles. The van der Waals surface area contributed by atoms with Crippen LogP contribution in [0.2, 0.25) is 0 Å².